The van der Waals surface area contributed by atoms with E-state index in [4.69, 9.17) is 9.47 Å². The van der Waals surface area contributed by atoms with Crippen LogP contribution < -0.4 is 19.7 Å². The van der Waals surface area contributed by atoms with Gasteiger partial charge in [-0.2, -0.15) is 0 Å². The fraction of sp³-hybridized carbons (Fsp3) is 0.0870. The average molecular weight is 436 g/mol. The summed E-state index contributed by atoms with van der Waals surface area (Å²) in [6, 6.07) is 22.9. The number of carbonyl (C=O) groups excluding carboxylic acids is 1. The van der Waals surface area contributed by atoms with E-state index in [1.165, 1.54) is 11.1 Å². The lowest BCUT2D eigenvalue weighted by atomic mass is 10.2. The molecule has 0 radical (unpaired) electrons. The van der Waals surface area contributed by atoms with Crippen molar-refractivity contribution in [1.29, 1.82) is 0 Å². The smallest absolute Gasteiger partial charge is 0.272 e. The average Bonchev–Trinajstić information content (AvgIpc) is 3.02. The molecule has 0 bridgehead atoms. The molecule has 0 unspecified atom stereocenters. The van der Waals surface area contributed by atoms with Gasteiger partial charge in [-0.15, -0.1) is 0 Å². The molecule has 1 N–H and O–H groups in total. The van der Waals surface area contributed by atoms with Crippen molar-refractivity contribution in [3.8, 4) is 17.2 Å². The normalized spacial score (nSPS) is 16.4. The molecule has 0 saturated carbocycles. The second-order valence-corrected chi connectivity index (χ2v) is 8.69. The van der Waals surface area contributed by atoms with E-state index in [9.17, 15) is 13.2 Å². The summed E-state index contributed by atoms with van der Waals surface area (Å²) in [6.45, 7) is 0. The third kappa shape index (κ3) is 4.54. The molecule has 1 aliphatic rings. The first-order chi connectivity index (χ1) is 15.0. The minimum absolute atomic E-state index is 0.284. The molecule has 1 aliphatic heterocycles. The molecule has 0 spiro atoms. The monoisotopic (exact) mass is 436 g/mol. The molecule has 0 atom stereocenters. The minimum atomic E-state index is -3.76. The molecular weight excluding hydrogens is 416 g/mol. The quantitative estimate of drug-likeness (QED) is 0.584. The van der Waals surface area contributed by atoms with E-state index in [1.54, 1.807) is 55.6 Å². The number of methoxy groups -OCH3 is 1. The second-order valence-electron chi connectivity index (χ2n) is 6.77. The number of carbonyl (C=O) groups is 1. The van der Waals surface area contributed by atoms with Crippen LogP contribution in [0.2, 0.25) is 0 Å². The fourth-order valence-electron chi connectivity index (χ4n) is 3.06. The number of anilines is 2. The highest BCUT2D eigenvalue weighted by Crippen LogP contribution is 2.30. The van der Waals surface area contributed by atoms with E-state index in [0.29, 0.717) is 28.6 Å². The molecule has 8 heteroatoms. The SMILES string of the molecule is COc1ccc(N/C=C2/C(=O)N(c3ccc(Oc4ccccc4)cc3)CS2(=O)=O)cc1. The Kier molecular flexibility index (Phi) is 5.64. The van der Waals surface area contributed by atoms with Gasteiger partial charge >= 0.3 is 0 Å². The number of ether oxygens (including phenoxy) is 2. The van der Waals surface area contributed by atoms with Gasteiger partial charge in [-0.05, 0) is 60.7 Å². The summed E-state index contributed by atoms with van der Waals surface area (Å²) in [6.07, 6.45) is 1.23. The van der Waals surface area contributed by atoms with Crippen LogP contribution in [0, 0.1) is 0 Å². The van der Waals surface area contributed by atoms with E-state index in [-0.39, 0.29) is 4.91 Å². The van der Waals surface area contributed by atoms with Gasteiger partial charge in [0.05, 0.1) is 7.11 Å². The predicted molar refractivity (Wildman–Crippen MR) is 119 cm³/mol. The first-order valence-corrected chi connectivity index (χ1v) is 11.1. The number of nitrogens with zero attached hydrogens (tertiary/aromatic N) is 1. The third-order valence-corrected chi connectivity index (χ3v) is 6.24. The zero-order valence-corrected chi connectivity index (χ0v) is 17.5. The van der Waals surface area contributed by atoms with E-state index >= 15 is 0 Å². The lowest BCUT2D eigenvalue weighted by molar-refractivity contribution is -0.114. The molecule has 4 rings (SSSR count). The molecule has 0 aromatic heterocycles. The summed E-state index contributed by atoms with van der Waals surface area (Å²) in [5, 5.41) is 2.87. The largest absolute Gasteiger partial charge is 0.497 e. The van der Waals surface area contributed by atoms with Crippen LogP contribution in [0.1, 0.15) is 0 Å². The molecule has 1 amide bonds. The maximum atomic E-state index is 12.8. The molecule has 1 heterocycles. The lowest BCUT2D eigenvalue weighted by Gasteiger charge is -2.14. The lowest BCUT2D eigenvalue weighted by Crippen LogP contribution is -2.24. The van der Waals surface area contributed by atoms with Gasteiger partial charge in [-0.1, -0.05) is 18.2 Å². The highest BCUT2D eigenvalue weighted by molar-refractivity contribution is 7.97. The number of para-hydroxylation sites is 1. The van der Waals surface area contributed by atoms with Crippen LogP contribution in [0.25, 0.3) is 0 Å². The van der Waals surface area contributed by atoms with Gasteiger partial charge in [0.25, 0.3) is 5.91 Å². The van der Waals surface area contributed by atoms with Crippen molar-refractivity contribution < 1.29 is 22.7 Å². The summed E-state index contributed by atoms with van der Waals surface area (Å²) in [5.41, 5.74) is 1.11. The Balaban J connectivity index is 1.50. The summed E-state index contributed by atoms with van der Waals surface area (Å²) in [7, 11) is -2.20. The van der Waals surface area contributed by atoms with Gasteiger partial charge in [0.15, 0.2) is 0 Å². The van der Waals surface area contributed by atoms with Gasteiger partial charge in [0.2, 0.25) is 9.84 Å². The molecule has 1 fully saturated rings. The number of hydrogen-bond acceptors (Lipinski definition) is 6. The summed E-state index contributed by atoms with van der Waals surface area (Å²) < 4.78 is 36.0. The second kappa shape index (κ2) is 8.53. The van der Waals surface area contributed by atoms with Crippen molar-refractivity contribution in [2.45, 2.75) is 0 Å². The van der Waals surface area contributed by atoms with Crippen LogP contribution in [-0.4, -0.2) is 27.3 Å². The molecule has 0 aliphatic carbocycles. The standard InChI is InChI=1S/C23H20N2O5S/c1-29-19-11-7-17(8-12-19)24-15-22-23(26)25(16-31(22,27)28)18-9-13-21(14-10-18)30-20-5-3-2-4-6-20/h2-15,24H,16H2,1H3/b22-15-. The first-order valence-electron chi connectivity index (χ1n) is 9.45. The zero-order valence-electron chi connectivity index (χ0n) is 16.7. The van der Waals surface area contributed by atoms with Gasteiger partial charge in [-0.25, -0.2) is 8.42 Å². The van der Waals surface area contributed by atoms with Gasteiger partial charge in [0, 0.05) is 17.6 Å². The Morgan fingerprint density at radius 2 is 1.48 bits per heavy atom. The Hall–Kier alpha value is -3.78. The summed E-state index contributed by atoms with van der Waals surface area (Å²) in [4.78, 5) is 13.7. The van der Waals surface area contributed by atoms with Crippen LogP contribution in [0.15, 0.2) is 90.0 Å². The molecule has 7 nitrogen and oxygen atoms in total. The first kappa shape index (κ1) is 20.5. The maximum absolute atomic E-state index is 12.8. The highest BCUT2D eigenvalue weighted by atomic mass is 32.2. The molecular formula is C23H20N2O5S. The van der Waals surface area contributed by atoms with E-state index in [0.717, 1.165) is 0 Å². The maximum Gasteiger partial charge on any atom is 0.272 e. The highest BCUT2D eigenvalue weighted by Gasteiger charge is 2.40. The number of sulfone groups is 1. The number of rotatable bonds is 6. The van der Waals surface area contributed by atoms with Crippen molar-refractivity contribution in [3.63, 3.8) is 0 Å². The Labute approximate surface area is 180 Å². The molecule has 3 aromatic carbocycles. The third-order valence-electron chi connectivity index (χ3n) is 4.68. The van der Waals surface area contributed by atoms with Crippen LogP contribution >= 0.6 is 0 Å². The summed E-state index contributed by atoms with van der Waals surface area (Å²) >= 11 is 0. The topological polar surface area (TPSA) is 84.9 Å². The Bertz CT molecular complexity index is 1210. The number of benzene rings is 3. The molecule has 31 heavy (non-hydrogen) atoms. The van der Waals surface area contributed by atoms with Crippen LogP contribution in [0.3, 0.4) is 0 Å². The number of amides is 1. The Morgan fingerprint density at radius 3 is 2.13 bits per heavy atom. The van der Waals surface area contributed by atoms with Gasteiger partial charge in [0.1, 0.15) is 28.0 Å². The minimum Gasteiger partial charge on any atom is -0.497 e. The van der Waals surface area contributed by atoms with Crippen molar-refractivity contribution in [2.24, 2.45) is 0 Å². The van der Waals surface area contributed by atoms with Crippen LogP contribution in [0.4, 0.5) is 11.4 Å². The van der Waals surface area contributed by atoms with Gasteiger partial charge in [-0.3, -0.25) is 9.69 Å². The van der Waals surface area contributed by atoms with Crippen molar-refractivity contribution >= 4 is 27.1 Å². The number of hydrogen-bond donors (Lipinski definition) is 1. The van der Waals surface area contributed by atoms with Crippen molar-refractivity contribution in [2.75, 3.05) is 23.2 Å². The zero-order chi connectivity index (χ0) is 21.8. The number of nitrogens with one attached hydrogen (secondary N) is 1. The van der Waals surface area contributed by atoms with E-state index < -0.39 is 21.6 Å². The molecule has 158 valence electrons. The van der Waals surface area contributed by atoms with E-state index in [1.807, 2.05) is 30.3 Å². The van der Waals surface area contributed by atoms with Crippen molar-refractivity contribution in [1.82, 2.24) is 0 Å². The fourth-order valence-corrected chi connectivity index (χ4v) is 4.42. The van der Waals surface area contributed by atoms with Gasteiger partial charge < -0.3 is 14.8 Å². The Morgan fingerprint density at radius 1 is 0.871 bits per heavy atom. The predicted octanol–water partition coefficient (Wildman–Crippen LogP) is 4.16. The molecule has 1 saturated heterocycles. The van der Waals surface area contributed by atoms with E-state index in [2.05, 4.69) is 5.32 Å². The van der Waals surface area contributed by atoms with Crippen LogP contribution in [-0.2, 0) is 14.6 Å². The van der Waals surface area contributed by atoms with Crippen molar-refractivity contribution in [3.05, 3.63) is 90.0 Å². The summed E-state index contributed by atoms with van der Waals surface area (Å²) in [5.74, 6) is 0.943. The molecule has 3 aromatic rings. The van der Waals surface area contributed by atoms with Crippen LogP contribution in [0.5, 0.6) is 17.2 Å².